The van der Waals surface area contributed by atoms with Gasteiger partial charge in [0.2, 0.25) is 5.91 Å². The first-order chi connectivity index (χ1) is 11.6. The van der Waals surface area contributed by atoms with E-state index in [0.717, 1.165) is 32.0 Å². The van der Waals surface area contributed by atoms with Gasteiger partial charge in [-0.1, -0.05) is 11.6 Å². The zero-order valence-electron chi connectivity index (χ0n) is 13.1. The van der Waals surface area contributed by atoms with Gasteiger partial charge in [-0.2, -0.15) is 0 Å². The highest BCUT2D eigenvalue weighted by molar-refractivity contribution is 6.29. The molecule has 0 bridgehead atoms. The van der Waals surface area contributed by atoms with Crippen LogP contribution in [0.15, 0.2) is 47.4 Å². The number of nitrogens with one attached hydrogen (secondary N) is 1. The molecule has 1 aromatic heterocycles. The number of carbonyl (C=O) groups excluding carboxylic acids is 1. The third-order valence-corrected chi connectivity index (χ3v) is 4.12. The molecule has 6 nitrogen and oxygen atoms in total. The number of amides is 1. The van der Waals surface area contributed by atoms with Crippen LogP contribution in [0, 0.1) is 0 Å². The van der Waals surface area contributed by atoms with Crippen molar-refractivity contribution in [3.8, 4) is 0 Å². The van der Waals surface area contributed by atoms with E-state index in [9.17, 15) is 9.59 Å². The Balaban J connectivity index is 1.60. The van der Waals surface area contributed by atoms with Crippen molar-refractivity contribution in [1.82, 2.24) is 4.57 Å². The summed E-state index contributed by atoms with van der Waals surface area (Å²) in [5, 5.41) is 3.06. The van der Waals surface area contributed by atoms with Crippen molar-refractivity contribution in [3.05, 3.63) is 58.0 Å². The first kappa shape index (κ1) is 16.5. The second-order valence-corrected chi connectivity index (χ2v) is 5.89. The third kappa shape index (κ3) is 4.15. The molecule has 2 aromatic rings. The molecule has 1 aliphatic heterocycles. The SMILES string of the molecule is O=C(Cn1ccc(=O)cc1Cl)Nc1ccc(N2CCOCC2)cc1. The van der Waals surface area contributed by atoms with Crippen LogP contribution >= 0.6 is 11.6 Å². The minimum absolute atomic E-state index is 0.0460. The lowest BCUT2D eigenvalue weighted by molar-refractivity contribution is -0.116. The van der Waals surface area contributed by atoms with E-state index in [0.29, 0.717) is 5.69 Å². The van der Waals surface area contributed by atoms with Crippen LogP contribution < -0.4 is 15.6 Å². The van der Waals surface area contributed by atoms with Crippen molar-refractivity contribution in [3.63, 3.8) is 0 Å². The number of benzene rings is 1. The average Bonchev–Trinajstić information content (AvgIpc) is 2.59. The zero-order chi connectivity index (χ0) is 16.9. The van der Waals surface area contributed by atoms with Crippen LogP contribution in [-0.4, -0.2) is 36.8 Å². The minimum Gasteiger partial charge on any atom is -0.378 e. The number of morpholine rings is 1. The molecule has 2 heterocycles. The Morgan fingerprint density at radius 1 is 1.17 bits per heavy atom. The van der Waals surface area contributed by atoms with Crippen molar-refractivity contribution in [1.29, 1.82) is 0 Å². The number of rotatable bonds is 4. The number of aromatic nitrogens is 1. The molecule has 1 fully saturated rings. The predicted octanol–water partition coefficient (Wildman–Crippen LogP) is 1.98. The number of hydrogen-bond acceptors (Lipinski definition) is 4. The van der Waals surface area contributed by atoms with Gasteiger partial charge in [0, 0.05) is 42.8 Å². The average molecular weight is 348 g/mol. The van der Waals surface area contributed by atoms with Gasteiger partial charge in [0.1, 0.15) is 11.7 Å². The smallest absolute Gasteiger partial charge is 0.244 e. The quantitative estimate of drug-likeness (QED) is 0.859. The maximum absolute atomic E-state index is 12.1. The van der Waals surface area contributed by atoms with Gasteiger partial charge >= 0.3 is 0 Å². The molecule has 126 valence electrons. The van der Waals surface area contributed by atoms with E-state index in [1.165, 1.54) is 22.9 Å². The highest BCUT2D eigenvalue weighted by Gasteiger charge is 2.11. The molecule has 1 aliphatic rings. The highest BCUT2D eigenvalue weighted by atomic mass is 35.5. The molecule has 7 heteroatoms. The van der Waals surface area contributed by atoms with Gasteiger partial charge in [-0.15, -0.1) is 0 Å². The molecule has 24 heavy (non-hydrogen) atoms. The van der Waals surface area contributed by atoms with E-state index in [4.69, 9.17) is 16.3 Å². The number of anilines is 2. The van der Waals surface area contributed by atoms with Gasteiger partial charge < -0.3 is 19.5 Å². The highest BCUT2D eigenvalue weighted by Crippen LogP contribution is 2.19. The molecule has 0 unspecified atom stereocenters. The first-order valence-corrected chi connectivity index (χ1v) is 8.08. The number of hydrogen-bond donors (Lipinski definition) is 1. The summed E-state index contributed by atoms with van der Waals surface area (Å²) in [6, 6.07) is 10.4. The maximum Gasteiger partial charge on any atom is 0.244 e. The summed E-state index contributed by atoms with van der Waals surface area (Å²) in [5.74, 6) is -0.209. The van der Waals surface area contributed by atoms with E-state index in [1.54, 1.807) is 0 Å². The van der Waals surface area contributed by atoms with Gasteiger partial charge in [-0.25, -0.2) is 0 Å². The van der Waals surface area contributed by atoms with Crippen molar-refractivity contribution >= 4 is 28.9 Å². The van der Waals surface area contributed by atoms with Gasteiger partial charge in [0.15, 0.2) is 5.43 Å². The lowest BCUT2D eigenvalue weighted by Crippen LogP contribution is -2.36. The molecule has 0 saturated carbocycles. The first-order valence-electron chi connectivity index (χ1n) is 7.70. The molecule has 1 saturated heterocycles. The molecular weight excluding hydrogens is 330 g/mol. The zero-order valence-corrected chi connectivity index (χ0v) is 13.8. The number of nitrogens with zero attached hydrogens (tertiary/aromatic N) is 2. The fourth-order valence-electron chi connectivity index (χ4n) is 2.54. The van der Waals surface area contributed by atoms with Crippen molar-refractivity contribution in [2.45, 2.75) is 6.54 Å². The molecule has 1 N–H and O–H groups in total. The Labute approximate surface area is 144 Å². The van der Waals surface area contributed by atoms with Crippen LogP contribution in [0.25, 0.3) is 0 Å². The topological polar surface area (TPSA) is 63.6 Å². The fraction of sp³-hybridized carbons (Fsp3) is 0.294. The Bertz CT molecular complexity index is 767. The van der Waals surface area contributed by atoms with E-state index < -0.39 is 0 Å². The second kappa shape index (κ2) is 7.51. The van der Waals surface area contributed by atoms with Crippen molar-refractivity contribution < 1.29 is 9.53 Å². The lowest BCUT2D eigenvalue weighted by Gasteiger charge is -2.28. The molecule has 0 aliphatic carbocycles. The van der Waals surface area contributed by atoms with E-state index in [-0.39, 0.29) is 23.0 Å². The summed E-state index contributed by atoms with van der Waals surface area (Å²) in [6.07, 6.45) is 1.51. The predicted molar refractivity (Wildman–Crippen MR) is 93.8 cm³/mol. The molecule has 0 radical (unpaired) electrons. The summed E-state index contributed by atoms with van der Waals surface area (Å²) in [7, 11) is 0. The fourth-order valence-corrected chi connectivity index (χ4v) is 2.77. The Morgan fingerprint density at radius 2 is 1.88 bits per heavy atom. The maximum atomic E-state index is 12.1. The van der Waals surface area contributed by atoms with Crippen LogP contribution in [0.4, 0.5) is 11.4 Å². The summed E-state index contributed by atoms with van der Waals surface area (Å²) >= 11 is 5.95. The molecular formula is C17H18ClN3O3. The van der Waals surface area contributed by atoms with Gasteiger partial charge in [0.05, 0.1) is 13.2 Å². The van der Waals surface area contributed by atoms with E-state index >= 15 is 0 Å². The number of carbonyl (C=O) groups is 1. The van der Waals surface area contributed by atoms with Crippen molar-refractivity contribution in [2.75, 3.05) is 36.5 Å². The summed E-state index contributed by atoms with van der Waals surface area (Å²) < 4.78 is 6.85. The van der Waals surface area contributed by atoms with Crippen LogP contribution in [0.5, 0.6) is 0 Å². The standard InChI is InChI=1S/C17H18ClN3O3/c18-16-11-15(22)5-6-21(16)12-17(23)19-13-1-3-14(4-2-13)20-7-9-24-10-8-20/h1-6,11H,7-10,12H2,(H,19,23). The Kier molecular flexibility index (Phi) is 5.17. The molecule has 3 rings (SSSR count). The summed E-state index contributed by atoms with van der Waals surface area (Å²) in [6.45, 7) is 3.26. The normalized spacial score (nSPS) is 14.5. The van der Waals surface area contributed by atoms with Gasteiger partial charge in [-0.3, -0.25) is 9.59 Å². The van der Waals surface area contributed by atoms with E-state index in [2.05, 4.69) is 10.2 Å². The second-order valence-electron chi connectivity index (χ2n) is 5.51. The van der Waals surface area contributed by atoms with E-state index in [1.807, 2.05) is 24.3 Å². The lowest BCUT2D eigenvalue weighted by atomic mass is 10.2. The van der Waals surface area contributed by atoms with Crippen LogP contribution in [0.3, 0.4) is 0 Å². The van der Waals surface area contributed by atoms with Crippen molar-refractivity contribution in [2.24, 2.45) is 0 Å². The number of halogens is 1. The molecule has 0 atom stereocenters. The Morgan fingerprint density at radius 3 is 2.54 bits per heavy atom. The van der Waals surface area contributed by atoms with Crippen LogP contribution in [-0.2, 0) is 16.1 Å². The number of pyridine rings is 1. The molecule has 1 aromatic carbocycles. The van der Waals surface area contributed by atoms with Gasteiger partial charge in [-0.05, 0) is 24.3 Å². The molecule has 0 spiro atoms. The van der Waals surface area contributed by atoms with Crippen LogP contribution in [0.1, 0.15) is 0 Å². The third-order valence-electron chi connectivity index (χ3n) is 3.80. The van der Waals surface area contributed by atoms with Gasteiger partial charge in [0.25, 0.3) is 0 Å². The minimum atomic E-state index is -0.209. The molecule has 1 amide bonds. The summed E-state index contributed by atoms with van der Waals surface area (Å²) in [4.78, 5) is 25.5. The largest absolute Gasteiger partial charge is 0.378 e. The monoisotopic (exact) mass is 347 g/mol. The Hall–Kier alpha value is -2.31. The summed E-state index contributed by atoms with van der Waals surface area (Å²) in [5.41, 5.74) is 1.64. The number of ether oxygens (including phenoxy) is 1. The van der Waals surface area contributed by atoms with Crippen LogP contribution in [0.2, 0.25) is 5.15 Å².